The molecule has 1 saturated heterocycles. The van der Waals surface area contributed by atoms with E-state index in [4.69, 9.17) is 0 Å². The van der Waals surface area contributed by atoms with Crippen molar-refractivity contribution >= 4 is 0 Å². The van der Waals surface area contributed by atoms with Crippen LogP contribution >= 0.6 is 0 Å². The molecule has 1 heterocycles. The average molecular weight is 452 g/mol. The molecule has 32 heavy (non-hydrogen) atoms. The molecule has 2 unspecified atom stereocenters. The lowest BCUT2D eigenvalue weighted by Crippen LogP contribution is -2.41. The number of alkyl halides is 2. The minimum Gasteiger partial charge on any atom is -0.389 e. The fourth-order valence-corrected chi connectivity index (χ4v) is 7.80. The third kappa shape index (κ3) is 5.00. The number of hydrogen-bond acceptors (Lipinski definition) is 3. The second-order valence-corrected chi connectivity index (χ2v) is 11.4. The number of likely N-dealkylation sites (tertiary alicyclic amines) is 1. The Balaban J connectivity index is 1.45. The summed E-state index contributed by atoms with van der Waals surface area (Å²) in [6.07, 6.45) is 11.3. The van der Waals surface area contributed by atoms with Gasteiger partial charge in [0.15, 0.2) is 0 Å². The third-order valence-electron chi connectivity index (χ3n) is 9.41. The molecule has 0 aromatic heterocycles. The van der Waals surface area contributed by atoms with Gasteiger partial charge in [0.1, 0.15) is 0 Å². The Hall–Kier alpha value is -0.780. The normalized spacial score (nSPS) is 40.8. The van der Waals surface area contributed by atoms with Gasteiger partial charge in [-0.15, -0.1) is 0 Å². The maximum atomic E-state index is 13.0. The summed E-state index contributed by atoms with van der Waals surface area (Å²) < 4.78 is 26.0. The molecular weight excluding hydrogens is 408 g/mol. The molecule has 0 aromatic rings. The zero-order valence-electron chi connectivity index (χ0n) is 20.0. The van der Waals surface area contributed by atoms with E-state index in [0.717, 1.165) is 57.2 Å². The number of nitrogens with zero attached hydrogens (tertiary/aromatic N) is 1. The van der Waals surface area contributed by atoms with Crippen molar-refractivity contribution in [3.8, 4) is 0 Å². The first-order chi connectivity index (χ1) is 15.3. The maximum Gasteiger partial charge on any atom is 0.240 e. The second-order valence-electron chi connectivity index (χ2n) is 11.4. The minimum atomic E-state index is -2.20. The Morgan fingerprint density at radius 2 is 1.78 bits per heavy atom. The van der Waals surface area contributed by atoms with E-state index in [1.807, 2.05) is 6.08 Å². The summed E-state index contributed by atoms with van der Waals surface area (Å²) in [7, 11) is 0. The van der Waals surface area contributed by atoms with Crippen LogP contribution in [0.1, 0.15) is 84.5 Å². The molecule has 4 fully saturated rings. The zero-order chi connectivity index (χ0) is 22.9. The Morgan fingerprint density at radius 3 is 2.50 bits per heavy atom. The van der Waals surface area contributed by atoms with Crippen molar-refractivity contribution in [1.82, 2.24) is 4.90 Å². The van der Waals surface area contributed by atoms with Crippen LogP contribution in [-0.4, -0.2) is 52.9 Å². The molecule has 182 valence electrons. The first kappa shape index (κ1) is 24.3. The molecule has 3 nitrogen and oxygen atoms in total. The van der Waals surface area contributed by atoms with Gasteiger partial charge < -0.3 is 10.2 Å². The van der Waals surface area contributed by atoms with Gasteiger partial charge >= 0.3 is 0 Å². The third-order valence-corrected chi connectivity index (χ3v) is 9.41. The lowest BCUT2D eigenvalue weighted by molar-refractivity contribution is 0.0585. The SMILES string of the molecule is C[C@H](CN1CCC[C@H]1CC(F)F)[C@H]1CC[C@H]2/C(=C/C=C3C(O)CCCC3O)CCC[C@]12C. The van der Waals surface area contributed by atoms with Gasteiger partial charge in [-0.2, -0.15) is 0 Å². The van der Waals surface area contributed by atoms with Gasteiger partial charge in [0.05, 0.1) is 12.2 Å². The Bertz CT molecular complexity index is 696. The first-order valence-electron chi connectivity index (χ1n) is 13.1. The maximum absolute atomic E-state index is 13.0. The summed E-state index contributed by atoms with van der Waals surface area (Å²) in [5, 5.41) is 20.6. The summed E-state index contributed by atoms with van der Waals surface area (Å²) in [4.78, 5) is 2.35. The molecule has 0 radical (unpaired) electrons. The number of halogens is 2. The van der Waals surface area contributed by atoms with Crippen molar-refractivity contribution in [3.63, 3.8) is 0 Å². The molecule has 0 amide bonds. The molecule has 0 bridgehead atoms. The van der Waals surface area contributed by atoms with Crippen LogP contribution in [0.4, 0.5) is 8.78 Å². The molecule has 3 aliphatic carbocycles. The number of rotatable bonds is 6. The van der Waals surface area contributed by atoms with Crippen LogP contribution in [-0.2, 0) is 0 Å². The van der Waals surface area contributed by atoms with Crippen molar-refractivity contribution in [2.75, 3.05) is 13.1 Å². The second kappa shape index (κ2) is 10.2. The summed E-state index contributed by atoms with van der Waals surface area (Å²) in [5.74, 6) is 1.71. The highest BCUT2D eigenvalue weighted by molar-refractivity contribution is 5.28. The Kier molecular flexibility index (Phi) is 7.78. The van der Waals surface area contributed by atoms with Crippen LogP contribution < -0.4 is 0 Å². The molecule has 0 aromatic carbocycles. The topological polar surface area (TPSA) is 43.7 Å². The minimum absolute atomic E-state index is 0.0243. The van der Waals surface area contributed by atoms with E-state index >= 15 is 0 Å². The van der Waals surface area contributed by atoms with Crippen LogP contribution in [0.5, 0.6) is 0 Å². The number of aliphatic hydroxyl groups excluding tert-OH is 2. The monoisotopic (exact) mass is 451 g/mol. The fourth-order valence-electron chi connectivity index (χ4n) is 7.80. The molecule has 5 heteroatoms. The highest BCUT2D eigenvalue weighted by atomic mass is 19.3. The average Bonchev–Trinajstić information content (AvgIpc) is 3.30. The van der Waals surface area contributed by atoms with Crippen LogP contribution in [0.2, 0.25) is 0 Å². The van der Waals surface area contributed by atoms with Gasteiger partial charge in [0.2, 0.25) is 6.43 Å². The number of hydrogen-bond donors (Lipinski definition) is 2. The largest absolute Gasteiger partial charge is 0.389 e. The van der Waals surface area contributed by atoms with Gasteiger partial charge in [-0.3, -0.25) is 4.90 Å². The van der Waals surface area contributed by atoms with Crippen LogP contribution in [0.15, 0.2) is 23.3 Å². The van der Waals surface area contributed by atoms with Crippen molar-refractivity contribution in [2.24, 2.45) is 23.2 Å². The standard InChI is InChI=1S/C27H43F2NO2/c1-18(17-30-15-5-7-20(30)16-26(28)29)22-12-13-23-19(6-4-14-27(22,23)2)10-11-21-24(31)8-3-9-25(21)32/h10-11,18,20,22-26,31-32H,3-9,12-17H2,1-2H3/b19-10+,21-11?/t18-,20+,22-,23+,24?,25?,27-/m1/s1. The van der Waals surface area contributed by atoms with E-state index < -0.39 is 18.6 Å². The van der Waals surface area contributed by atoms with Gasteiger partial charge in [-0.1, -0.05) is 31.6 Å². The van der Waals surface area contributed by atoms with Gasteiger partial charge in [-0.05, 0) is 99.5 Å². The molecule has 4 rings (SSSR count). The van der Waals surface area contributed by atoms with E-state index in [1.54, 1.807) is 0 Å². The van der Waals surface area contributed by atoms with Crippen LogP contribution in [0, 0.1) is 23.2 Å². The summed E-state index contributed by atoms with van der Waals surface area (Å²) in [6.45, 7) is 6.74. The predicted octanol–water partition coefficient (Wildman–Crippen LogP) is 5.72. The highest BCUT2D eigenvalue weighted by Gasteiger charge is 2.51. The van der Waals surface area contributed by atoms with Gasteiger partial charge in [0, 0.05) is 19.0 Å². The molecular formula is C27H43F2NO2. The van der Waals surface area contributed by atoms with Crippen molar-refractivity contribution in [3.05, 3.63) is 23.3 Å². The predicted molar refractivity (Wildman–Crippen MR) is 125 cm³/mol. The summed E-state index contributed by atoms with van der Waals surface area (Å²) >= 11 is 0. The van der Waals surface area contributed by atoms with E-state index in [0.29, 0.717) is 17.8 Å². The quantitative estimate of drug-likeness (QED) is 0.543. The fraction of sp³-hybridized carbons (Fsp3) is 0.852. The van der Waals surface area contributed by atoms with Crippen molar-refractivity contribution in [1.29, 1.82) is 0 Å². The van der Waals surface area contributed by atoms with Crippen LogP contribution in [0.3, 0.4) is 0 Å². The Labute approximate surface area is 193 Å². The smallest absolute Gasteiger partial charge is 0.240 e. The molecule has 3 saturated carbocycles. The van der Waals surface area contributed by atoms with Crippen molar-refractivity contribution in [2.45, 2.75) is 109 Å². The molecule has 1 aliphatic heterocycles. The number of allylic oxidation sites excluding steroid dienone is 3. The molecule has 7 atom stereocenters. The van der Waals surface area contributed by atoms with E-state index in [-0.39, 0.29) is 17.9 Å². The van der Waals surface area contributed by atoms with Gasteiger partial charge in [0.25, 0.3) is 0 Å². The first-order valence-corrected chi connectivity index (χ1v) is 13.1. The number of aliphatic hydroxyl groups is 2. The van der Waals surface area contributed by atoms with Crippen LogP contribution in [0.25, 0.3) is 0 Å². The molecule has 4 aliphatic rings. The van der Waals surface area contributed by atoms with Crippen molar-refractivity contribution < 1.29 is 19.0 Å². The lowest BCUT2D eigenvalue weighted by atomic mass is 9.61. The molecule has 0 spiro atoms. The Morgan fingerprint density at radius 1 is 1.03 bits per heavy atom. The zero-order valence-corrected chi connectivity index (χ0v) is 20.0. The van der Waals surface area contributed by atoms with E-state index in [1.165, 1.54) is 31.3 Å². The van der Waals surface area contributed by atoms with E-state index in [2.05, 4.69) is 24.8 Å². The summed E-state index contributed by atoms with van der Waals surface area (Å²) in [5.41, 5.74) is 2.55. The highest BCUT2D eigenvalue weighted by Crippen LogP contribution is 2.59. The van der Waals surface area contributed by atoms with E-state index in [9.17, 15) is 19.0 Å². The van der Waals surface area contributed by atoms with Gasteiger partial charge in [-0.25, -0.2) is 8.78 Å². The lowest BCUT2D eigenvalue weighted by Gasteiger charge is -2.45. The molecule has 2 N–H and O–H groups in total. The summed E-state index contributed by atoms with van der Waals surface area (Å²) in [6, 6.07) is 0.0595. The number of fused-ring (bicyclic) bond motifs is 1.